The van der Waals surface area contributed by atoms with Gasteiger partial charge in [0.2, 0.25) is 5.95 Å². The minimum atomic E-state index is -4.73. The molecule has 2 unspecified atom stereocenters. The molecule has 2 aromatic heterocycles. The second-order valence-corrected chi connectivity index (χ2v) is 10.8. The molecule has 2 atom stereocenters. The molecule has 11 heteroatoms. The summed E-state index contributed by atoms with van der Waals surface area (Å²) in [7, 11) is -3.38. The van der Waals surface area contributed by atoms with Gasteiger partial charge in [0.05, 0.1) is 17.0 Å². The second kappa shape index (κ2) is 7.98. The van der Waals surface area contributed by atoms with Gasteiger partial charge in [0.25, 0.3) is 0 Å². The summed E-state index contributed by atoms with van der Waals surface area (Å²) in [5, 5.41) is 10.6. The van der Waals surface area contributed by atoms with Crippen molar-refractivity contribution >= 4 is 26.7 Å². The Morgan fingerprint density at radius 3 is 2.42 bits per heavy atom. The summed E-state index contributed by atoms with van der Waals surface area (Å²) in [5.74, 6) is -0.0594. The van der Waals surface area contributed by atoms with Gasteiger partial charge in [-0.2, -0.15) is 13.2 Å². The maximum absolute atomic E-state index is 13.7. The molecule has 3 aromatic rings. The number of aromatic nitrogens is 3. The van der Waals surface area contributed by atoms with Crippen LogP contribution in [-0.2, 0) is 22.6 Å². The predicted molar refractivity (Wildman–Crippen MR) is 118 cm³/mol. The van der Waals surface area contributed by atoms with Crippen LogP contribution in [0.4, 0.5) is 19.1 Å². The van der Waals surface area contributed by atoms with Gasteiger partial charge in [-0.15, -0.1) is 0 Å². The summed E-state index contributed by atoms with van der Waals surface area (Å²) >= 11 is 0. The zero-order valence-corrected chi connectivity index (χ0v) is 19.4. The maximum Gasteiger partial charge on any atom is 0.433 e. The fraction of sp³-hybridized carbons (Fsp3) is 0.455. The van der Waals surface area contributed by atoms with Crippen LogP contribution in [0.2, 0.25) is 0 Å². The lowest BCUT2D eigenvalue weighted by molar-refractivity contribution is -0.142. The lowest BCUT2D eigenvalue weighted by Gasteiger charge is -2.39. The molecule has 1 aliphatic heterocycles. The third-order valence-electron chi connectivity index (χ3n) is 5.95. The van der Waals surface area contributed by atoms with E-state index in [0.29, 0.717) is 13.1 Å². The molecule has 1 N–H and O–H groups in total. The van der Waals surface area contributed by atoms with Crippen molar-refractivity contribution in [3.8, 4) is 0 Å². The lowest BCUT2D eigenvalue weighted by atomic mass is 9.97. The Balaban J connectivity index is 1.84. The van der Waals surface area contributed by atoms with E-state index >= 15 is 0 Å². The average Bonchev–Trinajstić information content (AvgIpc) is 3.08. The van der Waals surface area contributed by atoms with Gasteiger partial charge in [0.1, 0.15) is 0 Å². The number of fused-ring (bicyclic) bond motifs is 3. The molecular weight excluding hydrogens is 457 g/mol. The lowest BCUT2D eigenvalue weighted by Crippen LogP contribution is -2.41. The van der Waals surface area contributed by atoms with Crippen LogP contribution >= 0.6 is 0 Å². The topological polar surface area (TPSA) is 88.3 Å². The quantitative estimate of drug-likeness (QED) is 0.602. The van der Waals surface area contributed by atoms with E-state index in [0.717, 1.165) is 29.0 Å². The fourth-order valence-electron chi connectivity index (χ4n) is 4.47. The first-order valence-electron chi connectivity index (χ1n) is 10.5. The number of benzene rings is 1. The summed E-state index contributed by atoms with van der Waals surface area (Å²) in [6.45, 7) is 5.93. The largest absolute Gasteiger partial charge is 0.433 e. The highest BCUT2D eigenvalue weighted by molar-refractivity contribution is 7.90. The van der Waals surface area contributed by atoms with Crippen LogP contribution in [0.5, 0.6) is 0 Å². The number of nitrogens with zero attached hydrogens (tertiary/aromatic N) is 4. The molecule has 178 valence electrons. The normalized spacial score (nSPS) is 18.1. The second-order valence-electron chi connectivity index (χ2n) is 8.74. The van der Waals surface area contributed by atoms with Gasteiger partial charge < -0.3 is 14.6 Å². The minimum Gasteiger partial charge on any atom is -0.389 e. The van der Waals surface area contributed by atoms with Crippen molar-refractivity contribution in [3.63, 3.8) is 0 Å². The van der Waals surface area contributed by atoms with Crippen molar-refractivity contribution in [1.82, 2.24) is 14.5 Å². The van der Waals surface area contributed by atoms with Crippen LogP contribution in [0.3, 0.4) is 0 Å². The number of aliphatic hydroxyl groups excluding tert-OH is 1. The Morgan fingerprint density at radius 2 is 1.85 bits per heavy atom. The molecule has 0 saturated heterocycles. The van der Waals surface area contributed by atoms with Crippen molar-refractivity contribution in [2.75, 3.05) is 17.7 Å². The monoisotopic (exact) mass is 482 g/mol. The molecule has 1 aliphatic rings. The first kappa shape index (κ1) is 23.5. The summed E-state index contributed by atoms with van der Waals surface area (Å²) in [5.41, 5.74) is 0.105. The third-order valence-corrected chi connectivity index (χ3v) is 7.06. The van der Waals surface area contributed by atoms with Crippen LogP contribution in [0, 0.1) is 5.92 Å². The number of sulfone groups is 1. The van der Waals surface area contributed by atoms with Crippen molar-refractivity contribution in [2.24, 2.45) is 5.92 Å². The van der Waals surface area contributed by atoms with E-state index in [1.54, 1.807) is 23.1 Å². The first-order chi connectivity index (χ1) is 15.3. The Bertz CT molecular complexity index is 1320. The molecule has 0 fully saturated rings. The van der Waals surface area contributed by atoms with Crippen LogP contribution in [0.25, 0.3) is 10.9 Å². The third kappa shape index (κ3) is 4.19. The van der Waals surface area contributed by atoms with Crippen molar-refractivity contribution < 1.29 is 26.7 Å². The molecule has 0 saturated carbocycles. The SMILES string of the molecule is CC(O)c1cnc(N2CCn3c(cc4ccc(S(C)(=O)=O)cc43)C2C(C)C)nc1C(F)(F)F. The van der Waals surface area contributed by atoms with Gasteiger partial charge in [-0.25, -0.2) is 18.4 Å². The maximum atomic E-state index is 13.7. The standard InChI is InChI=1S/C22H25F3N4O3S/c1-12(2)19-18-9-14-5-6-15(33(4,31)32)10-17(14)28(18)7-8-29(19)21-26-11-16(13(3)30)20(27-21)22(23,24)25/h5-6,9-13,19,30H,7-8H2,1-4H3. The van der Waals surface area contributed by atoms with E-state index in [2.05, 4.69) is 9.97 Å². The van der Waals surface area contributed by atoms with Gasteiger partial charge in [-0.1, -0.05) is 19.9 Å². The van der Waals surface area contributed by atoms with Crippen LogP contribution in [0.15, 0.2) is 35.4 Å². The van der Waals surface area contributed by atoms with Gasteiger partial charge in [0.15, 0.2) is 15.5 Å². The van der Waals surface area contributed by atoms with Gasteiger partial charge in [-0.3, -0.25) is 0 Å². The summed E-state index contributed by atoms with van der Waals surface area (Å²) in [6, 6.07) is 6.55. The highest BCUT2D eigenvalue weighted by atomic mass is 32.2. The van der Waals surface area contributed by atoms with E-state index in [1.807, 2.05) is 24.5 Å². The number of rotatable bonds is 4. The Kier molecular flexibility index (Phi) is 5.68. The number of aliphatic hydroxyl groups is 1. The highest BCUT2D eigenvalue weighted by Gasteiger charge is 2.39. The molecule has 4 rings (SSSR count). The van der Waals surface area contributed by atoms with E-state index in [-0.39, 0.29) is 28.4 Å². The van der Waals surface area contributed by atoms with Gasteiger partial charge in [0, 0.05) is 47.7 Å². The van der Waals surface area contributed by atoms with Crippen LogP contribution in [0.1, 0.15) is 49.9 Å². The molecule has 7 nitrogen and oxygen atoms in total. The number of hydrogen-bond acceptors (Lipinski definition) is 6. The summed E-state index contributed by atoms with van der Waals surface area (Å²) in [6.07, 6.45) is -3.90. The van der Waals surface area contributed by atoms with E-state index in [1.165, 1.54) is 6.92 Å². The fourth-order valence-corrected chi connectivity index (χ4v) is 5.11. The molecule has 3 heterocycles. The first-order valence-corrected chi connectivity index (χ1v) is 12.4. The molecule has 0 radical (unpaired) electrons. The average molecular weight is 483 g/mol. The van der Waals surface area contributed by atoms with E-state index in [4.69, 9.17) is 0 Å². The molecular formula is C22H25F3N4O3S. The van der Waals surface area contributed by atoms with Crippen molar-refractivity contribution in [2.45, 2.75) is 50.5 Å². The summed E-state index contributed by atoms with van der Waals surface area (Å²) < 4.78 is 67.0. The number of hydrogen-bond donors (Lipinski definition) is 1. The Hall–Kier alpha value is -2.66. The minimum absolute atomic E-state index is 0.00267. The zero-order valence-electron chi connectivity index (χ0n) is 18.6. The highest BCUT2D eigenvalue weighted by Crippen LogP contribution is 2.40. The van der Waals surface area contributed by atoms with E-state index in [9.17, 15) is 26.7 Å². The van der Waals surface area contributed by atoms with Crippen molar-refractivity contribution in [3.05, 3.63) is 47.4 Å². The smallest absolute Gasteiger partial charge is 0.389 e. The van der Waals surface area contributed by atoms with Crippen molar-refractivity contribution in [1.29, 1.82) is 0 Å². The van der Waals surface area contributed by atoms with E-state index < -0.39 is 27.8 Å². The Labute approximate surface area is 189 Å². The van der Waals surface area contributed by atoms with Crippen LogP contribution in [-0.4, -0.2) is 40.9 Å². The Morgan fingerprint density at radius 1 is 1.15 bits per heavy atom. The van der Waals surface area contributed by atoms with Gasteiger partial charge >= 0.3 is 6.18 Å². The summed E-state index contributed by atoms with van der Waals surface area (Å²) in [4.78, 5) is 9.97. The zero-order chi connectivity index (χ0) is 24.3. The molecule has 1 aromatic carbocycles. The molecule has 0 amide bonds. The molecule has 33 heavy (non-hydrogen) atoms. The van der Waals surface area contributed by atoms with Crippen LogP contribution < -0.4 is 4.90 Å². The molecule has 0 aliphatic carbocycles. The number of anilines is 1. The molecule has 0 bridgehead atoms. The molecule has 0 spiro atoms. The number of alkyl halides is 3. The number of halogens is 3. The predicted octanol–water partition coefficient (Wildman–Crippen LogP) is 4.12. The van der Waals surface area contributed by atoms with Gasteiger partial charge in [-0.05, 0) is 31.0 Å².